The molecule has 32 heavy (non-hydrogen) atoms. The average molecular weight is 550 g/mol. The summed E-state index contributed by atoms with van der Waals surface area (Å²) >= 11 is 0. The first-order chi connectivity index (χ1) is 15.2. The maximum Gasteiger partial charge on any atom is 0.191 e. The monoisotopic (exact) mass is 550 g/mol. The molecule has 174 valence electrons. The summed E-state index contributed by atoms with van der Waals surface area (Å²) in [6.45, 7) is 12.4. The second-order valence-corrected chi connectivity index (χ2v) is 7.57. The van der Waals surface area contributed by atoms with E-state index in [1.54, 1.807) is 6.08 Å². The lowest BCUT2D eigenvalue weighted by Crippen LogP contribution is -2.44. The molecule has 1 aromatic heterocycles. The fourth-order valence-electron chi connectivity index (χ4n) is 3.40. The van der Waals surface area contributed by atoms with Gasteiger partial charge in [-0.05, 0) is 37.7 Å². The predicted molar refractivity (Wildman–Crippen MR) is 143 cm³/mol. The van der Waals surface area contributed by atoms with Gasteiger partial charge in [0.25, 0.3) is 0 Å². The Balaban J connectivity index is 0.00000363. The van der Waals surface area contributed by atoms with Crippen LogP contribution in [0.25, 0.3) is 0 Å². The molecule has 0 saturated carbocycles. The number of benzene rings is 1. The lowest BCUT2D eigenvalue weighted by Gasteiger charge is -2.33. The number of rotatable bonds is 9. The zero-order valence-corrected chi connectivity index (χ0v) is 21.4. The molecule has 0 amide bonds. The van der Waals surface area contributed by atoms with Gasteiger partial charge in [0.1, 0.15) is 18.2 Å². The van der Waals surface area contributed by atoms with Crippen LogP contribution in [0.3, 0.4) is 0 Å². The molecule has 0 spiro atoms. The van der Waals surface area contributed by atoms with E-state index in [0.29, 0.717) is 19.7 Å². The Kier molecular flexibility index (Phi) is 11.3. The third-order valence-corrected chi connectivity index (χ3v) is 5.18. The van der Waals surface area contributed by atoms with Crippen LogP contribution in [0.2, 0.25) is 0 Å². The number of nitrogens with zero attached hydrogens (tertiary/aromatic N) is 4. The van der Waals surface area contributed by atoms with E-state index in [2.05, 4.69) is 58.1 Å². The highest BCUT2D eigenvalue weighted by molar-refractivity contribution is 14.0. The molecule has 2 N–H and O–H groups in total. The minimum atomic E-state index is 0. The van der Waals surface area contributed by atoms with Crippen LogP contribution in [0, 0.1) is 0 Å². The summed E-state index contributed by atoms with van der Waals surface area (Å²) < 4.78 is 5.75. The number of likely N-dealkylation sites (N-methyl/N-ethyl adjacent to an activating group) is 1. The SMILES string of the molecule is C=CCOc1ccccc1CNC(=NCc1ccnc(N2CCN(C)CC2)c1)NCC.I. The molecule has 0 atom stereocenters. The number of aromatic nitrogens is 1. The molecule has 0 unspecified atom stereocenters. The van der Waals surface area contributed by atoms with Gasteiger partial charge in [0.2, 0.25) is 0 Å². The van der Waals surface area contributed by atoms with Gasteiger partial charge in [-0.1, -0.05) is 30.9 Å². The molecule has 1 aliphatic rings. The molecule has 1 aromatic carbocycles. The van der Waals surface area contributed by atoms with Crippen LogP contribution in [-0.2, 0) is 13.1 Å². The molecule has 2 aromatic rings. The van der Waals surface area contributed by atoms with E-state index in [-0.39, 0.29) is 24.0 Å². The van der Waals surface area contributed by atoms with Crippen molar-refractivity contribution in [2.45, 2.75) is 20.0 Å². The van der Waals surface area contributed by atoms with Gasteiger partial charge in [0.05, 0.1) is 6.54 Å². The van der Waals surface area contributed by atoms with Crippen molar-refractivity contribution >= 4 is 35.8 Å². The predicted octanol–water partition coefficient (Wildman–Crippen LogP) is 3.27. The quantitative estimate of drug-likeness (QED) is 0.216. The van der Waals surface area contributed by atoms with Crippen molar-refractivity contribution in [1.29, 1.82) is 0 Å². The zero-order valence-electron chi connectivity index (χ0n) is 19.1. The van der Waals surface area contributed by atoms with Crippen LogP contribution in [0.1, 0.15) is 18.1 Å². The van der Waals surface area contributed by atoms with E-state index in [1.165, 1.54) is 0 Å². The number of guanidine groups is 1. The van der Waals surface area contributed by atoms with Gasteiger partial charge in [0.15, 0.2) is 5.96 Å². The largest absolute Gasteiger partial charge is 0.489 e. The standard InChI is InChI=1S/C24H34N6O.HI/c1-4-16-31-22-9-7-6-8-21(22)19-28-24(25-5-2)27-18-20-10-11-26-23(17-20)30-14-12-29(3)13-15-30;/h4,6-11,17H,1,5,12-16,18-19H2,2-3H3,(H2,25,27,28);1H. The van der Waals surface area contributed by atoms with Crippen LogP contribution in [0.5, 0.6) is 5.75 Å². The van der Waals surface area contributed by atoms with Crippen molar-refractivity contribution in [2.24, 2.45) is 4.99 Å². The molecule has 7 nitrogen and oxygen atoms in total. The van der Waals surface area contributed by atoms with Crippen LogP contribution in [0.15, 0.2) is 60.2 Å². The van der Waals surface area contributed by atoms with Gasteiger partial charge in [-0.3, -0.25) is 0 Å². The second kappa shape index (κ2) is 13.9. The molecule has 3 rings (SSSR count). The fourth-order valence-corrected chi connectivity index (χ4v) is 3.40. The minimum Gasteiger partial charge on any atom is -0.489 e. The Hall–Kier alpha value is -2.33. The normalized spacial score (nSPS) is 14.4. The summed E-state index contributed by atoms with van der Waals surface area (Å²) in [6, 6.07) is 12.2. The van der Waals surface area contributed by atoms with E-state index in [1.807, 2.05) is 30.5 Å². The average Bonchev–Trinajstić information content (AvgIpc) is 2.80. The first kappa shape index (κ1) is 25.9. The van der Waals surface area contributed by atoms with E-state index >= 15 is 0 Å². The lowest BCUT2D eigenvalue weighted by molar-refractivity contribution is 0.312. The molecule has 0 bridgehead atoms. The Labute approximate surface area is 209 Å². The minimum absolute atomic E-state index is 0. The second-order valence-electron chi connectivity index (χ2n) is 7.57. The van der Waals surface area contributed by atoms with Crippen molar-refractivity contribution < 1.29 is 4.74 Å². The molecule has 1 fully saturated rings. The molecule has 2 heterocycles. The summed E-state index contributed by atoms with van der Waals surface area (Å²) in [7, 11) is 2.16. The first-order valence-electron chi connectivity index (χ1n) is 10.9. The fraction of sp³-hybridized carbons (Fsp3) is 0.417. The number of hydrogen-bond acceptors (Lipinski definition) is 5. The van der Waals surface area contributed by atoms with Crippen LogP contribution < -0.4 is 20.3 Å². The van der Waals surface area contributed by atoms with Crippen LogP contribution in [-0.4, -0.2) is 62.2 Å². The van der Waals surface area contributed by atoms with Crippen LogP contribution >= 0.6 is 24.0 Å². The number of pyridine rings is 1. The van der Waals surface area contributed by atoms with E-state index in [4.69, 9.17) is 9.73 Å². The van der Waals surface area contributed by atoms with Crippen molar-refractivity contribution in [3.8, 4) is 5.75 Å². The van der Waals surface area contributed by atoms with Gasteiger partial charge in [-0.2, -0.15) is 0 Å². The number of hydrogen-bond donors (Lipinski definition) is 2. The van der Waals surface area contributed by atoms with Gasteiger partial charge < -0.3 is 25.2 Å². The number of nitrogens with one attached hydrogen (secondary N) is 2. The van der Waals surface area contributed by atoms with Crippen molar-refractivity contribution in [3.05, 3.63) is 66.4 Å². The first-order valence-corrected chi connectivity index (χ1v) is 10.9. The van der Waals surface area contributed by atoms with Gasteiger partial charge in [0, 0.05) is 51.0 Å². The summed E-state index contributed by atoms with van der Waals surface area (Å²) in [5.74, 6) is 2.67. The van der Waals surface area contributed by atoms with Crippen LogP contribution in [0.4, 0.5) is 5.82 Å². The zero-order chi connectivity index (χ0) is 21.9. The van der Waals surface area contributed by atoms with Crippen molar-refractivity contribution in [3.63, 3.8) is 0 Å². The Morgan fingerprint density at radius 2 is 1.97 bits per heavy atom. The smallest absolute Gasteiger partial charge is 0.191 e. The van der Waals surface area contributed by atoms with Gasteiger partial charge >= 0.3 is 0 Å². The van der Waals surface area contributed by atoms with E-state index < -0.39 is 0 Å². The summed E-state index contributed by atoms with van der Waals surface area (Å²) in [5.41, 5.74) is 2.23. The molecule has 8 heteroatoms. The maximum absolute atomic E-state index is 5.75. The highest BCUT2D eigenvalue weighted by atomic mass is 127. The third-order valence-electron chi connectivity index (χ3n) is 5.18. The molecule has 0 radical (unpaired) electrons. The number of halogens is 1. The number of piperazine rings is 1. The Morgan fingerprint density at radius 3 is 2.72 bits per heavy atom. The third kappa shape index (κ3) is 7.98. The number of ether oxygens (including phenoxy) is 1. The molecular weight excluding hydrogens is 515 g/mol. The number of para-hydroxylation sites is 1. The topological polar surface area (TPSA) is 65.0 Å². The van der Waals surface area contributed by atoms with Gasteiger partial charge in [-0.15, -0.1) is 24.0 Å². The summed E-state index contributed by atoms with van der Waals surface area (Å²) in [4.78, 5) is 14.0. The molecule has 1 saturated heterocycles. The number of anilines is 1. The molecular formula is C24H35IN6O. The Morgan fingerprint density at radius 1 is 1.19 bits per heavy atom. The van der Waals surface area contributed by atoms with Gasteiger partial charge in [-0.25, -0.2) is 9.98 Å². The van der Waals surface area contributed by atoms with E-state index in [0.717, 1.165) is 61.4 Å². The summed E-state index contributed by atoms with van der Waals surface area (Å²) in [6.07, 6.45) is 3.63. The molecule has 1 aliphatic heterocycles. The number of aliphatic imine (C=N–C) groups is 1. The lowest BCUT2D eigenvalue weighted by atomic mass is 10.2. The highest BCUT2D eigenvalue weighted by Crippen LogP contribution is 2.18. The van der Waals surface area contributed by atoms with E-state index in [9.17, 15) is 0 Å². The maximum atomic E-state index is 5.75. The Bertz CT molecular complexity index is 867. The van der Waals surface area contributed by atoms with Crippen molar-refractivity contribution in [1.82, 2.24) is 20.5 Å². The highest BCUT2D eigenvalue weighted by Gasteiger charge is 2.15. The molecule has 0 aliphatic carbocycles. The van der Waals surface area contributed by atoms with Crippen molar-refractivity contribution in [2.75, 3.05) is 51.3 Å². The summed E-state index contributed by atoms with van der Waals surface area (Å²) in [5, 5.41) is 6.73.